The number of likely N-dealkylation sites (tertiary alicyclic amines) is 1. The Bertz CT molecular complexity index is 626. The van der Waals surface area contributed by atoms with E-state index in [1.807, 2.05) is 11.1 Å². The maximum atomic E-state index is 13.1. The summed E-state index contributed by atoms with van der Waals surface area (Å²) in [5.74, 6) is 0.625. The minimum Gasteiger partial charge on any atom is -0.361 e. The van der Waals surface area contributed by atoms with E-state index in [4.69, 9.17) is 0 Å². The van der Waals surface area contributed by atoms with Crippen LogP contribution < -0.4 is 0 Å². The zero-order valence-corrected chi connectivity index (χ0v) is 11.7. The number of aromatic amines is 1. The van der Waals surface area contributed by atoms with Gasteiger partial charge in [0, 0.05) is 30.2 Å². The Morgan fingerprint density at radius 2 is 2.15 bits per heavy atom. The molecule has 0 bridgehead atoms. The summed E-state index contributed by atoms with van der Waals surface area (Å²) in [5.41, 5.74) is 1.70. The lowest BCUT2D eigenvalue weighted by Gasteiger charge is -2.30. The number of nitrogens with one attached hydrogen (secondary N) is 1. The molecule has 0 aliphatic carbocycles. The van der Waals surface area contributed by atoms with Gasteiger partial charge in [-0.1, -0.05) is 6.92 Å². The van der Waals surface area contributed by atoms with Crippen LogP contribution in [0.15, 0.2) is 24.4 Å². The monoisotopic (exact) mass is 274 g/mol. The van der Waals surface area contributed by atoms with Crippen LogP contribution in [0.5, 0.6) is 0 Å². The van der Waals surface area contributed by atoms with E-state index in [0.29, 0.717) is 6.42 Å². The topological polar surface area (TPSA) is 36.1 Å². The van der Waals surface area contributed by atoms with Gasteiger partial charge < -0.3 is 9.88 Å². The highest BCUT2D eigenvalue weighted by molar-refractivity contribution is 5.89. The van der Waals surface area contributed by atoms with Crippen LogP contribution in [-0.2, 0) is 11.2 Å². The molecule has 1 aliphatic heterocycles. The normalized spacial score (nSPS) is 16.8. The smallest absolute Gasteiger partial charge is 0.227 e. The number of aromatic nitrogens is 1. The molecule has 4 heteroatoms. The van der Waals surface area contributed by atoms with Crippen LogP contribution in [0.25, 0.3) is 10.9 Å². The van der Waals surface area contributed by atoms with Gasteiger partial charge in [0.05, 0.1) is 6.42 Å². The lowest BCUT2D eigenvalue weighted by atomic mass is 9.98. The number of hydrogen-bond donors (Lipinski definition) is 1. The van der Waals surface area contributed by atoms with E-state index in [9.17, 15) is 9.18 Å². The van der Waals surface area contributed by atoms with Gasteiger partial charge in [0.2, 0.25) is 5.91 Å². The molecule has 3 rings (SSSR count). The first-order valence-corrected chi connectivity index (χ1v) is 7.17. The maximum absolute atomic E-state index is 13.1. The fourth-order valence-corrected chi connectivity index (χ4v) is 2.84. The Labute approximate surface area is 117 Å². The van der Waals surface area contributed by atoms with Crippen molar-refractivity contribution in [2.75, 3.05) is 13.1 Å². The lowest BCUT2D eigenvalue weighted by Crippen LogP contribution is -2.38. The number of halogens is 1. The molecule has 1 fully saturated rings. The van der Waals surface area contributed by atoms with Gasteiger partial charge in [-0.25, -0.2) is 4.39 Å². The number of rotatable bonds is 2. The summed E-state index contributed by atoms with van der Waals surface area (Å²) in [7, 11) is 0. The van der Waals surface area contributed by atoms with Crippen molar-refractivity contribution in [1.29, 1.82) is 0 Å². The molecule has 106 valence electrons. The Morgan fingerprint density at radius 1 is 1.40 bits per heavy atom. The van der Waals surface area contributed by atoms with Gasteiger partial charge in [-0.15, -0.1) is 0 Å². The molecule has 1 saturated heterocycles. The van der Waals surface area contributed by atoms with E-state index in [1.165, 1.54) is 12.1 Å². The molecule has 20 heavy (non-hydrogen) atoms. The van der Waals surface area contributed by atoms with Crippen molar-refractivity contribution >= 4 is 16.8 Å². The molecule has 2 heterocycles. The van der Waals surface area contributed by atoms with Crippen LogP contribution in [-0.4, -0.2) is 28.9 Å². The molecule has 1 aromatic carbocycles. The average molecular weight is 274 g/mol. The van der Waals surface area contributed by atoms with E-state index in [2.05, 4.69) is 11.9 Å². The summed E-state index contributed by atoms with van der Waals surface area (Å²) >= 11 is 0. The van der Waals surface area contributed by atoms with E-state index >= 15 is 0 Å². The minimum atomic E-state index is -0.262. The Hall–Kier alpha value is -1.84. The van der Waals surface area contributed by atoms with Gasteiger partial charge in [-0.05, 0) is 42.5 Å². The summed E-state index contributed by atoms with van der Waals surface area (Å²) in [5, 5.41) is 0.935. The van der Waals surface area contributed by atoms with Gasteiger partial charge in [-0.3, -0.25) is 4.79 Å². The first-order chi connectivity index (χ1) is 9.63. The molecule has 0 atom stereocenters. The third kappa shape index (κ3) is 2.55. The van der Waals surface area contributed by atoms with Crippen LogP contribution in [0.2, 0.25) is 0 Å². The van der Waals surface area contributed by atoms with E-state index in [0.717, 1.165) is 48.3 Å². The lowest BCUT2D eigenvalue weighted by molar-refractivity contribution is -0.131. The number of piperidine rings is 1. The van der Waals surface area contributed by atoms with Gasteiger partial charge in [0.1, 0.15) is 5.82 Å². The standard InChI is InChI=1S/C16H19FN2O/c1-11-4-6-19(7-5-11)16(20)8-12-10-18-15-9-13(17)2-3-14(12)15/h2-3,9-11,18H,4-8H2,1H3. The predicted octanol–water partition coefficient (Wildman–Crippen LogP) is 3.11. The van der Waals surface area contributed by atoms with Crippen molar-refractivity contribution in [2.24, 2.45) is 5.92 Å². The van der Waals surface area contributed by atoms with Crippen LogP contribution in [0.1, 0.15) is 25.3 Å². The highest BCUT2D eigenvalue weighted by atomic mass is 19.1. The SMILES string of the molecule is CC1CCN(C(=O)Cc2c[nH]c3cc(F)ccc23)CC1. The number of H-pyrrole nitrogens is 1. The van der Waals surface area contributed by atoms with Gasteiger partial charge in [-0.2, -0.15) is 0 Å². The average Bonchev–Trinajstić information content (AvgIpc) is 2.81. The first-order valence-electron chi connectivity index (χ1n) is 7.17. The molecule has 1 aliphatic rings. The molecule has 1 amide bonds. The largest absolute Gasteiger partial charge is 0.361 e. The van der Waals surface area contributed by atoms with Gasteiger partial charge >= 0.3 is 0 Å². The van der Waals surface area contributed by atoms with E-state index in [1.54, 1.807) is 6.07 Å². The molecule has 0 radical (unpaired) electrons. The fourth-order valence-electron chi connectivity index (χ4n) is 2.84. The van der Waals surface area contributed by atoms with Crippen LogP contribution in [0.4, 0.5) is 4.39 Å². The van der Waals surface area contributed by atoms with Crippen LogP contribution in [0.3, 0.4) is 0 Å². The molecule has 0 unspecified atom stereocenters. The van der Waals surface area contributed by atoms with Crippen molar-refractivity contribution in [3.63, 3.8) is 0 Å². The number of fused-ring (bicyclic) bond motifs is 1. The predicted molar refractivity (Wildman–Crippen MR) is 76.9 cm³/mol. The van der Waals surface area contributed by atoms with Gasteiger partial charge in [0.25, 0.3) is 0 Å². The van der Waals surface area contributed by atoms with Crippen molar-refractivity contribution in [3.05, 3.63) is 35.8 Å². The third-order valence-corrected chi connectivity index (χ3v) is 4.21. The molecular formula is C16H19FN2O. The number of amides is 1. The van der Waals surface area contributed by atoms with E-state index in [-0.39, 0.29) is 11.7 Å². The van der Waals surface area contributed by atoms with Crippen LogP contribution >= 0.6 is 0 Å². The van der Waals surface area contributed by atoms with E-state index < -0.39 is 0 Å². The highest BCUT2D eigenvalue weighted by Crippen LogP contribution is 2.22. The zero-order chi connectivity index (χ0) is 14.1. The molecule has 0 saturated carbocycles. The molecular weight excluding hydrogens is 255 g/mol. The second-order valence-corrected chi connectivity index (χ2v) is 5.74. The summed E-state index contributed by atoms with van der Waals surface area (Å²) in [6.07, 6.45) is 4.38. The highest BCUT2D eigenvalue weighted by Gasteiger charge is 2.21. The van der Waals surface area contributed by atoms with Gasteiger partial charge in [0.15, 0.2) is 0 Å². The summed E-state index contributed by atoms with van der Waals surface area (Å²) in [4.78, 5) is 17.3. The third-order valence-electron chi connectivity index (χ3n) is 4.21. The molecule has 0 spiro atoms. The summed E-state index contributed by atoms with van der Waals surface area (Å²) < 4.78 is 13.1. The van der Waals surface area contributed by atoms with Crippen molar-refractivity contribution in [2.45, 2.75) is 26.2 Å². The first kappa shape index (κ1) is 13.2. The van der Waals surface area contributed by atoms with Crippen LogP contribution in [0, 0.1) is 11.7 Å². The fraction of sp³-hybridized carbons (Fsp3) is 0.438. The number of carbonyl (C=O) groups excluding carboxylic acids is 1. The van der Waals surface area contributed by atoms with Crippen molar-refractivity contribution < 1.29 is 9.18 Å². The second kappa shape index (κ2) is 5.27. The molecule has 1 N–H and O–H groups in total. The molecule has 3 nitrogen and oxygen atoms in total. The molecule has 1 aromatic heterocycles. The summed E-state index contributed by atoms with van der Waals surface area (Å²) in [6, 6.07) is 4.64. The van der Waals surface area contributed by atoms with Crippen molar-refractivity contribution in [3.8, 4) is 0 Å². The number of nitrogens with zero attached hydrogens (tertiary/aromatic N) is 1. The van der Waals surface area contributed by atoms with Crippen molar-refractivity contribution in [1.82, 2.24) is 9.88 Å². The molecule has 2 aromatic rings. The number of carbonyl (C=O) groups is 1. The maximum Gasteiger partial charge on any atom is 0.227 e. The second-order valence-electron chi connectivity index (χ2n) is 5.74. The zero-order valence-electron chi connectivity index (χ0n) is 11.7. The quantitative estimate of drug-likeness (QED) is 0.897. The Morgan fingerprint density at radius 3 is 2.90 bits per heavy atom. The Kier molecular flexibility index (Phi) is 3.47. The number of hydrogen-bond acceptors (Lipinski definition) is 1. The number of benzene rings is 1. The Balaban J connectivity index is 1.74. The summed E-state index contributed by atoms with van der Waals surface area (Å²) in [6.45, 7) is 3.95. The minimum absolute atomic E-state index is 0.169.